The Morgan fingerprint density at radius 1 is 1.40 bits per heavy atom. The SMILES string of the molecule is O=C(O)C1CCC2=[N+](OCc3ccccc3)C(=O)N1C2. The molecule has 20 heavy (non-hydrogen) atoms. The van der Waals surface area contributed by atoms with Gasteiger partial charge in [0.1, 0.15) is 0 Å². The zero-order chi connectivity index (χ0) is 14.1. The number of carboxylic acids is 1. The molecule has 0 aromatic heterocycles. The van der Waals surface area contributed by atoms with Crippen LogP contribution in [0.5, 0.6) is 0 Å². The highest BCUT2D eigenvalue weighted by atomic mass is 16.7. The molecule has 2 bridgehead atoms. The average molecular weight is 275 g/mol. The van der Waals surface area contributed by atoms with E-state index in [1.807, 2.05) is 30.3 Å². The van der Waals surface area contributed by atoms with Gasteiger partial charge in [-0.05, 0) is 10.3 Å². The van der Waals surface area contributed by atoms with Crippen LogP contribution in [0.4, 0.5) is 4.79 Å². The Bertz CT molecular complexity index is 582. The van der Waals surface area contributed by atoms with Crippen LogP contribution >= 0.6 is 0 Å². The molecule has 1 atom stereocenters. The van der Waals surface area contributed by atoms with Crippen molar-refractivity contribution in [3.05, 3.63) is 35.9 Å². The van der Waals surface area contributed by atoms with Crippen molar-refractivity contribution in [1.82, 2.24) is 4.90 Å². The molecule has 0 saturated carbocycles. The highest BCUT2D eigenvalue weighted by molar-refractivity contribution is 5.96. The number of hydrogen-bond acceptors (Lipinski definition) is 3. The van der Waals surface area contributed by atoms with Crippen LogP contribution in [0.3, 0.4) is 0 Å². The molecule has 2 aliphatic rings. The van der Waals surface area contributed by atoms with Crippen molar-refractivity contribution in [3.63, 3.8) is 0 Å². The lowest BCUT2D eigenvalue weighted by Gasteiger charge is -2.18. The van der Waals surface area contributed by atoms with Gasteiger partial charge in [-0.15, -0.1) is 0 Å². The summed E-state index contributed by atoms with van der Waals surface area (Å²) in [6.07, 6.45) is 1.02. The number of nitrogens with zero attached hydrogens (tertiary/aromatic N) is 2. The van der Waals surface area contributed by atoms with Gasteiger partial charge in [0.25, 0.3) is 0 Å². The molecule has 1 aromatic rings. The number of hydrogen-bond donors (Lipinski definition) is 1. The lowest BCUT2D eigenvalue weighted by atomic mass is 10.0. The van der Waals surface area contributed by atoms with Crippen molar-refractivity contribution in [3.8, 4) is 0 Å². The quantitative estimate of drug-likeness (QED) is 0.840. The maximum atomic E-state index is 12.2. The van der Waals surface area contributed by atoms with Crippen LogP contribution in [0.2, 0.25) is 0 Å². The van der Waals surface area contributed by atoms with Gasteiger partial charge < -0.3 is 9.94 Å². The summed E-state index contributed by atoms with van der Waals surface area (Å²) in [5.41, 5.74) is 1.80. The zero-order valence-electron chi connectivity index (χ0n) is 10.9. The van der Waals surface area contributed by atoms with Crippen LogP contribution < -0.4 is 0 Å². The Hall–Kier alpha value is -2.37. The largest absolute Gasteiger partial charge is 0.533 e. The molecule has 1 N–H and O–H groups in total. The minimum atomic E-state index is -0.956. The Morgan fingerprint density at radius 2 is 2.15 bits per heavy atom. The van der Waals surface area contributed by atoms with Crippen molar-refractivity contribution >= 4 is 17.7 Å². The maximum Gasteiger partial charge on any atom is 0.533 e. The Morgan fingerprint density at radius 3 is 2.85 bits per heavy atom. The van der Waals surface area contributed by atoms with Crippen LogP contribution in [0.25, 0.3) is 0 Å². The number of benzene rings is 1. The molecule has 0 radical (unpaired) electrons. The first kappa shape index (κ1) is 12.7. The van der Waals surface area contributed by atoms with Crippen LogP contribution in [-0.2, 0) is 16.2 Å². The average Bonchev–Trinajstić information content (AvgIpc) is 2.70. The molecular weight excluding hydrogens is 260 g/mol. The molecule has 3 rings (SSSR count). The first-order valence-electron chi connectivity index (χ1n) is 6.52. The lowest BCUT2D eigenvalue weighted by Crippen LogP contribution is -2.46. The first-order valence-corrected chi connectivity index (χ1v) is 6.52. The predicted octanol–water partition coefficient (Wildman–Crippen LogP) is 1.25. The Balaban J connectivity index is 1.72. The fourth-order valence-corrected chi connectivity index (χ4v) is 2.58. The number of carboxylic acid groups (broad SMARTS) is 1. The summed E-state index contributed by atoms with van der Waals surface area (Å²) in [6.45, 7) is 0.645. The third kappa shape index (κ3) is 2.13. The van der Waals surface area contributed by atoms with Gasteiger partial charge in [0.05, 0.1) is 0 Å². The van der Waals surface area contributed by atoms with Gasteiger partial charge in [-0.25, -0.2) is 9.69 Å². The van der Waals surface area contributed by atoms with E-state index in [2.05, 4.69) is 0 Å². The molecule has 0 aliphatic carbocycles. The van der Waals surface area contributed by atoms with Gasteiger partial charge in [0, 0.05) is 12.8 Å². The van der Waals surface area contributed by atoms with Crippen molar-refractivity contribution in [2.75, 3.05) is 6.54 Å². The summed E-state index contributed by atoms with van der Waals surface area (Å²) in [4.78, 5) is 30.2. The van der Waals surface area contributed by atoms with Gasteiger partial charge in [0.2, 0.25) is 0 Å². The molecule has 1 unspecified atom stereocenters. The number of carbonyl (C=O) groups excluding carboxylic acids is 1. The lowest BCUT2D eigenvalue weighted by molar-refractivity contribution is -0.720. The third-order valence-corrected chi connectivity index (χ3v) is 3.63. The highest BCUT2D eigenvalue weighted by Gasteiger charge is 2.51. The van der Waals surface area contributed by atoms with Gasteiger partial charge in [0.15, 0.2) is 24.9 Å². The molecule has 1 fully saturated rings. The molecule has 0 spiro atoms. The van der Waals surface area contributed by atoms with Crippen LogP contribution in [0, 0.1) is 0 Å². The number of rotatable bonds is 4. The minimum absolute atomic E-state index is 0.293. The van der Waals surface area contributed by atoms with E-state index in [1.54, 1.807) is 0 Å². The summed E-state index contributed by atoms with van der Waals surface area (Å²) in [5.74, 6) is -0.956. The van der Waals surface area contributed by atoms with E-state index in [-0.39, 0.29) is 6.03 Å². The van der Waals surface area contributed by atoms with Gasteiger partial charge in [-0.2, -0.15) is 4.79 Å². The van der Waals surface area contributed by atoms with E-state index in [1.165, 1.54) is 9.64 Å². The molecule has 6 heteroatoms. The van der Waals surface area contributed by atoms with Gasteiger partial charge >= 0.3 is 12.0 Å². The van der Waals surface area contributed by atoms with E-state index in [9.17, 15) is 9.59 Å². The molecule has 104 valence electrons. The zero-order valence-corrected chi connectivity index (χ0v) is 10.9. The van der Waals surface area contributed by atoms with E-state index < -0.39 is 12.0 Å². The summed E-state index contributed by atoms with van der Waals surface area (Å²) >= 11 is 0. The number of urea groups is 1. The van der Waals surface area contributed by atoms with Gasteiger partial charge in [-0.3, -0.25) is 0 Å². The summed E-state index contributed by atoms with van der Waals surface area (Å²) < 4.78 is 1.26. The molecule has 2 aliphatic heterocycles. The van der Waals surface area contributed by atoms with Crippen LogP contribution in [-0.4, -0.2) is 45.0 Å². The predicted molar refractivity (Wildman–Crippen MR) is 69.3 cm³/mol. The van der Waals surface area contributed by atoms with Crippen molar-refractivity contribution < 1.29 is 24.3 Å². The number of carbonyl (C=O) groups is 2. The second-order valence-electron chi connectivity index (χ2n) is 4.92. The molecular formula is C14H15N2O4+. The van der Waals surface area contributed by atoms with E-state index >= 15 is 0 Å². The summed E-state index contributed by atoms with van der Waals surface area (Å²) in [7, 11) is 0. The Kier molecular flexibility index (Phi) is 3.14. The van der Waals surface area contributed by atoms with Crippen molar-refractivity contribution in [1.29, 1.82) is 0 Å². The highest BCUT2D eigenvalue weighted by Crippen LogP contribution is 2.23. The normalized spacial score (nSPS) is 21.3. The standard InChI is InChI=1S/C14H14N2O4/c17-13(18)12-7-6-11-8-15(12)14(19)16(11)20-9-10-4-2-1-3-5-10/h1-5,12H,6-9H2/p+1. The first-order chi connectivity index (χ1) is 9.66. The fraction of sp³-hybridized carbons (Fsp3) is 0.357. The molecule has 1 saturated heterocycles. The summed E-state index contributed by atoms with van der Waals surface area (Å²) in [5, 5.41) is 9.11. The molecule has 1 aromatic carbocycles. The third-order valence-electron chi connectivity index (χ3n) is 3.63. The maximum absolute atomic E-state index is 12.2. The second-order valence-corrected chi connectivity index (χ2v) is 4.92. The number of hydroxylamine groups is 1. The van der Waals surface area contributed by atoms with E-state index in [4.69, 9.17) is 9.94 Å². The Labute approximate surface area is 115 Å². The molecule has 6 nitrogen and oxygen atoms in total. The second kappa shape index (κ2) is 4.96. The van der Waals surface area contributed by atoms with Crippen molar-refractivity contribution in [2.24, 2.45) is 0 Å². The number of fused-ring (bicyclic) bond motifs is 2. The monoisotopic (exact) mass is 275 g/mol. The molecule has 2 amide bonds. The topological polar surface area (TPSA) is 69.8 Å². The number of piperidine rings is 1. The minimum Gasteiger partial charge on any atom is -0.478 e. The molecule has 2 heterocycles. The van der Waals surface area contributed by atoms with E-state index in [0.29, 0.717) is 26.0 Å². The smallest absolute Gasteiger partial charge is 0.478 e. The van der Waals surface area contributed by atoms with E-state index in [0.717, 1.165) is 11.3 Å². The van der Waals surface area contributed by atoms with Gasteiger partial charge in [-0.1, -0.05) is 30.3 Å². The number of amides is 2. The fourth-order valence-electron chi connectivity index (χ4n) is 2.58. The summed E-state index contributed by atoms with van der Waals surface area (Å²) in [6, 6.07) is 8.43. The van der Waals surface area contributed by atoms with Crippen LogP contribution in [0.15, 0.2) is 30.3 Å². The van der Waals surface area contributed by atoms with Crippen molar-refractivity contribution in [2.45, 2.75) is 25.5 Å². The van der Waals surface area contributed by atoms with Crippen LogP contribution in [0.1, 0.15) is 18.4 Å². The number of aliphatic carboxylic acids is 1.